The molecule has 1 aliphatic rings. The molecule has 0 spiro atoms. The fraction of sp³-hybridized carbons (Fsp3) is 0.714. The van der Waals surface area contributed by atoms with Crippen molar-refractivity contribution in [2.45, 2.75) is 52.2 Å². The van der Waals surface area contributed by atoms with E-state index >= 15 is 0 Å². The van der Waals surface area contributed by atoms with E-state index < -0.39 is 0 Å². The Balaban J connectivity index is 1.87. The molecule has 0 amide bonds. The smallest absolute Gasteiger partial charge is 0.118 e. The van der Waals surface area contributed by atoms with Crippen molar-refractivity contribution in [2.75, 3.05) is 13.6 Å². The van der Waals surface area contributed by atoms with Crippen LogP contribution in [0.3, 0.4) is 0 Å². The van der Waals surface area contributed by atoms with Gasteiger partial charge in [0.05, 0.1) is 6.54 Å². The fourth-order valence-corrected chi connectivity index (χ4v) is 2.13. The average molecular weight is 236 g/mol. The summed E-state index contributed by atoms with van der Waals surface area (Å²) in [5.74, 6) is 2.16. The van der Waals surface area contributed by atoms with Crippen LogP contribution in [0.4, 0.5) is 0 Å². The molecule has 0 saturated heterocycles. The van der Waals surface area contributed by atoms with Gasteiger partial charge in [0, 0.05) is 18.2 Å². The van der Waals surface area contributed by atoms with Crippen molar-refractivity contribution in [1.29, 1.82) is 0 Å². The van der Waals surface area contributed by atoms with E-state index in [1.807, 2.05) is 0 Å². The van der Waals surface area contributed by atoms with Gasteiger partial charge in [0.2, 0.25) is 0 Å². The standard InChI is InChI=1S/C14H24N2O/c1-4-7-15-9-12-8-14(17-11(12)2)10-16(3)13-5-6-13/h8,13,15H,4-7,9-10H2,1-3H3. The summed E-state index contributed by atoms with van der Waals surface area (Å²) in [4.78, 5) is 2.39. The van der Waals surface area contributed by atoms with Crippen molar-refractivity contribution < 1.29 is 4.42 Å². The van der Waals surface area contributed by atoms with Gasteiger partial charge in [0.15, 0.2) is 0 Å². The third-order valence-electron chi connectivity index (χ3n) is 3.39. The second-order valence-electron chi connectivity index (χ2n) is 5.12. The van der Waals surface area contributed by atoms with Gasteiger partial charge in [-0.05, 0) is 45.8 Å². The maximum Gasteiger partial charge on any atom is 0.118 e. The Hall–Kier alpha value is -0.800. The van der Waals surface area contributed by atoms with Crippen LogP contribution in [0.2, 0.25) is 0 Å². The molecule has 96 valence electrons. The van der Waals surface area contributed by atoms with E-state index in [0.29, 0.717) is 0 Å². The Kier molecular flexibility index (Phi) is 4.24. The van der Waals surface area contributed by atoms with Gasteiger partial charge in [0.25, 0.3) is 0 Å². The van der Waals surface area contributed by atoms with Crippen molar-refractivity contribution in [3.05, 3.63) is 23.2 Å². The molecule has 1 aliphatic carbocycles. The summed E-state index contributed by atoms with van der Waals surface area (Å²) in [6.45, 7) is 7.19. The van der Waals surface area contributed by atoms with Gasteiger partial charge in [-0.25, -0.2) is 0 Å². The fourth-order valence-electron chi connectivity index (χ4n) is 2.13. The van der Waals surface area contributed by atoms with Crippen LogP contribution in [0.5, 0.6) is 0 Å². The summed E-state index contributed by atoms with van der Waals surface area (Å²) < 4.78 is 5.81. The largest absolute Gasteiger partial charge is 0.465 e. The van der Waals surface area contributed by atoms with E-state index in [-0.39, 0.29) is 0 Å². The minimum Gasteiger partial charge on any atom is -0.465 e. The zero-order valence-corrected chi connectivity index (χ0v) is 11.3. The molecule has 1 fully saturated rings. The molecule has 2 rings (SSSR count). The molecule has 3 heteroatoms. The topological polar surface area (TPSA) is 28.4 Å². The molecule has 1 N–H and O–H groups in total. The third-order valence-corrected chi connectivity index (χ3v) is 3.39. The van der Waals surface area contributed by atoms with Crippen LogP contribution < -0.4 is 5.32 Å². The van der Waals surface area contributed by atoms with Crippen LogP contribution in [-0.4, -0.2) is 24.5 Å². The van der Waals surface area contributed by atoms with Gasteiger partial charge in [-0.15, -0.1) is 0 Å². The Morgan fingerprint density at radius 3 is 2.88 bits per heavy atom. The first-order valence-corrected chi connectivity index (χ1v) is 6.70. The van der Waals surface area contributed by atoms with Crippen LogP contribution in [0.15, 0.2) is 10.5 Å². The number of aryl methyl sites for hydroxylation is 1. The number of furan rings is 1. The van der Waals surface area contributed by atoms with E-state index in [0.717, 1.165) is 37.2 Å². The molecule has 1 heterocycles. The van der Waals surface area contributed by atoms with Gasteiger partial charge in [-0.1, -0.05) is 6.92 Å². The highest BCUT2D eigenvalue weighted by Gasteiger charge is 2.26. The lowest BCUT2D eigenvalue weighted by Crippen LogP contribution is -2.19. The van der Waals surface area contributed by atoms with E-state index in [1.54, 1.807) is 0 Å². The zero-order chi connectivity index (χ0) is 12.3. The molecule has 0 radical (unpaired) electrons. The van der Waals surface area contributed by atoms with Gasteiger partial charge < -0.3 is 9.73 Å². The maximum absolute atomic E-state index is 5.81. The van der Waals surface area contributed by atoms with Gasteiger partial charge >= 0.3 is 0 Å². The number of nitrogens with zero attached hydrogens (tertiary/aromatic N) is 1. The van der Waals surface area contributed by atoms with Crippen LogP contribution in [0, 0.1) is 6.92 Å². The highest BCUT2D eigenvalue weighted by molar-refractivity contribution is 5.20. The number of nitrogens with one attached hydrogen (secondary N) is 1. The molecule has 17 heavy (non-hydrogen) atoms. The van der Waals surface area contributed by atoms with Gasteiger partial charge in [-0.3, -0.25) is 4.90 Å². The van der Waals surface area contributed by atoms with Gasteiger partial charge in [-0.2, -0.15) is 0 Å². The van der Waals surface area contributed by atoms with Crippen molar-refractivity contribution in [3.8, 4) is 0 Å². The molecule has 0 aliphatic heterocycles. The summed E-state index contributed by atoms with van der Waals surface area (Å²) in [7, 11) is 2.19. The lowest BCUT2D eigenvalue weighted by atomic mass is 10.2. The highest BCUT2D eigenvalue weighted by Crippen LogP contribution is 2.27. The van der Waals surface area contributed by atoms with Crippen LogP contribution in [-0.2, 0) is 13.1 Å². The first-order chi connectivity index (χ1) is 8.20. The lowest BCUT2D eigenvalue weighted by Gasteiger charge is -2.12. The van der Waals surface area contributed by atoms with Crippen LogP contribution in [0.25, 0.3) is 0 Å². The quantitative estimate of drug-likeness (QED) is 0.738. The summed E-state index contributed by atoms with van der Waals surface area (Å²) in [5, 5.41) is 3.42. The Labute approximate surface area is 104 Å². The second kappa shape index (κ2) is 5.69. The number of hydrogen-bond acceptors (Lipinski definition) is 3. The first-order valence-electron chi connectivity index (χ1n) is 6.70. The number of hydrogen-bond donors (Lipinski definition) is 1. The minimum atomic E-state index is 0.794. The van der Waals surface area contributed by atoms with Crippen LogP contribution >= 0.6 is 0 Å². The van der Waals surface area contributed by atoms with E-state index in [2.05, 4.69) is 37.2 Å². The van der Waals surface area contributed by atoms with E-state index in [1.165, 1.54) is 24.8 Å². The molecule has 0 aromatic carbocycles. The maximum atomic E-state index is 5.81. The summed E-state index contributed by atoms with van der Waals surface area (Å²) in [5.41, 5.74) is 1.30. The lowest BCUT2D eigenvalue weighted by molar-refractivity contribution is 0.283. The SMILES string of the molecule is CCCNCc1cc(CN(C)C2CC2)oc1C. The zero-order valence-electron chi connectivity index (χ0n) is 11.3. The Morgan fingerprint density at radius 1 is 1.47 bits per heavy atom. The predicted molar refractivity (Wildman–Crippen MR) is 69.9 cm³/mol. The summed E-state index contributed by atoms with van der Waals surface area (Å²) in [6, 6.07) is 3.00. The van der Waals surface area contributed by atoms with Crippen molar-refractivity contribution in [3.63, 3.8) is 0 Å². The van der Waals surface area contributed by atoms with Crippen molar-refractivity contribution in [2.24, 2.45) is 0 Å². The highest BCUT2D eigenvalue weighted by atomic mass is 16.3. The van der Waals surface area contributed by atoms with Crippen molar-refractivity contribution in [1.82, 2.24) is 10.2 Å². The molecule has 0 bridgehead atoms. The van der Waals surface area contributed by atoms with Crippen LogP contribution in [0.1, 0.15) is 43.3 Å². The first kappa shape index (κ1) is 12.7. The molecule has 0 atom stereocenters. The van der Waals surface area contributed by atoms with Gasteiger partial charge in [0.1, 0.15) is 11.5 Å². The molecule has 0 unspecified atom stereocenters. The minimum absolute atomic E-state index is 0.794. The normalized spacial score (nSPS) is 15.8. The third kappa shape index (κ3) is 3.58. The molecule has 3 nitrogen and oxygen atoms in total. The second-order valence-corrected chi connectivity index (χ2v) is 5.12. The molecular formula is C14H24N2O. The van der Waals surface area contributed by atoms with E-state index in [9.17, 15) is 0 Å². The summed E-state index contributed by atoms with van der Waals surface area (Å²) >= 11 is 0. The Bertz CT molecular complexity index is 355. The predicted octanol–water partition coefficient (Wildman–Crippen LogP) is 2.68. The van der Waals surface area contributed by atoms with E-state index in [4.69, 9.17) is 4.42 Å². The molecule has 1 aromatic heterocycles. The molecule has 1 saturated carbocycles. The van der Waals surface area contributed by atoms with Crippen molar-refractivity contribution >= 4 is 0 Å². The Morgan fingerprint density at radius 2 is 2.24 bits per heavy atom. The average Bonchev–Trinajstić information content (AvgIpc) is 3.07. The molecular weight excluding hydrogens is 212 g/mol. The number of rotatable bonds is 7. The monoisotopic (exact) mass is 236 g/mol. The molecule has 1 aromatic rings. The summed E-state index contributed by atoms with van der Waals surface area (Å²) in [6.07, 6.45) is 3.87.